The van der Waals surface area contributed by atoms with E-state index in [4.69, 9.17) is 9.98 Å². The van der Waals surface area contributed by atoms with Gasteiger partial charge in [0.1, 0.15) is 11.6 Å². The average molecular weight is 550 g/mol. The number of rotatable bonds is 11. The van der Waals surface area contributed by atoms with Crippen molar-refractivity contribution in [1.29, 1.82) is 0 Å². The Kier molecular flexibility index (Phi) is 10.9. The molecule has 41 heavy (non-hydrogen) atoms. The lowest BCUT2D eigenvalue weighted by molar-refractivity contribution is 0.211. The van der Waals surface area contributed by atoms with Gasteiger partial charge in [-0.15, -0.1) is 5.73 Å². The lowest BCUT2D eigenvalue weighted by Crippen LogP contribution is -2.34. The molecule has 0 aromatic carbocycles. The van der Waals surface area contributed by atoms with Crippen molar-refractivity contribution in [2.24, 2.45) is 16.8 Å². The number of piperidine rings is 1. The summed E-state index contributed by atoms with van der Waals surface area (Å²) in [6, 6.07) is 9.82. The Morgan fingerprint density at radius 2 is 1.88 bits per heavy atom. The predicted octanol–water partition coefficient (Wildman–Crippen LogP) is 6.21. The van der Waals surface area contributed by atoms with Crippen molar-refractivity contribution in [3.63, 3.8) is 0 Å². The Bertz CT molecular complexity index is 1350. The Labute approximate surface area is 245 Å². The summed E-state index contributed by atoms with van der Waals surface area (Å²) in [6.45, 7) is 16.3. The first-order valence-corrected chi connectivity index (χ1v) is 14.5. The molecule has 0 saturated carbocycles. The van der Waals surface area contributed by atoms with Crippen LogP contribution in [0.3, 0.4) is 0 Å². The molecule has 0 aliphatic carbocycles. The second kappa shape index (κ2) is 15.0. The fraction of sp³-hybridized carbons (Fsp3) is 0.382. The monoisotopic (exact) mass is 549 g/mol. The lowest BCUT2D eigenvalue weighted by atomic mass is 9.93. The van der Waals surface area contributed by atoms with Gasteiger partial charge in [-0.2, -0.15) is 0 Å². The van der Waals surface area contributed by atoms with E-state index in [1.54, 1.807) is 12.4 Å². The summed E-state index contributed by atoms with van der Waals surface area (Å²) < 4.78 is 0. The molecule has 2 aromatic heterocycles. The van der Waals surface area contributed by atoms with E-state index >= 15 is 0 Å². The zero-order chi connectivity index (χ0) is 29.0. The third kappa shape index (κ3) is 8.67. The van der Waals surface area contributed by atoms with Crippen LogP contribution in [-0.2, 0) is 0 Å². The average Bonchev–Trinajstić information content (AvgIpc) is 3.46. The minimum absolute atomic E-state index is 0.583. The smallest absolute Gasteiger partial charge is 0.154 e. The molecule has 7 nitrogen and oxygen atoms in total. The van der Waals surface area contributed by atoms with Gasteiger partial charge in [0.05, 0.1) is 11.4 Å². The summed E-state index contributed by atoms with van der Waals surface area (Å²) in [6.07, 6.45) is 14.4. The predicted molar refractivity (Wildman–Crippen MR) is 170 cm³/mol. The zero-order valence-corrected chi connectivity index (χ0v) is 24.7. The number of nitrogens with one attached hydrogen (secondary N) is 2. The van der Waals surface area contributed by atoms with Gasteiger partial charge in [-0.05, 0) is 108 Å². The first kappa shape index (κ1) is 29.8. The van der Waals surface area contributed by atoms with Crippen LogP contribution in [0.5, 0.6) is 0 Å². The van der Waals surface area contributed by atoms with E-state index in [1.807, 2.05) is 50.3 Å². The van der Waals surface area contributed by atoms with Gasteiger partial charge < -0.3 is 20.4 Å². The highest BCUT2D eigenvalue weighted by molar-refractivity contribution is 5.99. The number of hydrogen-bond donors (Lipinski definition) is 2. The highest BCUT2D eigenvalue weighted by atomic mass is 15.2. The molecule has 2 aromatic rings. The van der Waals surface area contributed by atoms with Gasteiger partial charge >= 0.3 is 0 Å². The van der Waals surface area contributed by atoms with Crippen LogP contribution in [0.4, 0.5) is 5.82 Å². The van der Waals surface area contributed by atoms with E-state index in [2.05, 4.69) is 69.2 Å². The molecule has 2 aliphatic rings. The minimum Gasteiger partial charge on any atom is -0.368 e. The maximum atomic E-state index is 4.76. The van der Waals surface area contributed by atoms with E-state index in [9.17, 15) is 0 Å². The van der Waals surface area contributed by atoms with Gasteiger partial charge in [-0.25, -0.2) is 9.98 Å². The summed E-state index contributed by atoms with van der Waals surface area (Å²) in [5, 5.41) is 6.54. The molecule has 0 bridgehead atoms. The summed E-state index contributed by atoms with van der Waals surface area (Å²) >= 11 is 0. The zero-order valence-electron chi connectivity index (χ0n) is 24.7. The van der Waals surface area contributed by atoms with Gasteiger partial charge in [-0.3, -0.25) is 4.98 Å². The SMILES string of the molecule is C=C=C(N/C(=C/C)N=C(C)c1ccncc1)Nc1cccc(/C=C/CC2CCN(C(=C=C)C3CCN(C)CC3)C2)n1. The molecule has 0 amide bonds. The number of allylic oxidation sites excluding steroid dienone is 3. The molecule has 2 aliphatic heterocycles. The summed E-state index contributed by atoms with van der Waals surface area (Å²) in [5.74, 6) is 3.21. The molecule has 0 radical (unpaired) electrons. The fourth-order valence-corrected chi connectivity index (χ4v) is 5.41. The second-order valence-electron chi connectivity index (χ2n) is 10.7. The van der Waals surface area contributed by atoms with E-state index in [0.29, 0.717) is 29.3 Å². The number of pyridine rings is 2. The van der Waals surface area contributed by atoms with Gasteiger partial charge in [0.2, 0.25) is 0 Å². The topological polar surface area (TPSA) is 68.7 Å². The van der Waals surface area contributed by atoms with Crippen molar-refractivity contribution in [3.8, 4) is 0 Å². The standard InChI is InChI=1S/C34H43N7/c1-6-31(29-18-22-40(5)23-19-29)41-24-17-27(25-41)11-9-12-30-13-10-14-34(37-30)39-33(8-3)38-32(7-2)36-26(4)28-15-20-35-21-16-28/h7,9-10,12-16,20-21,27,29,38H,1,3,11,17-19,22-25H2,2,4-5H3,(H,37,39)/b12-9+,32-7+,36-26?. The Morgan fingerprint density at radius 1 is 1.10 bits per heavy atom. The normalized spacial score (nSPS) is 18.7. The third-order valence-corrected chi connectivity index (χ3v) is 7.78. The number of likely N-dealkylation sites (tertiary alicyclic amines) is 2. The molecule has 7 heteroatoms. The Balaban J connectivity index is 1.30. The first-order valence-electron chi connectivity index (χ1n) is 14.5. The molecule has 4 rings (SSSR count). The molecule has 2 fully saturated rings. The highest BCUT2D eigenvalue weighted by Crippen LogP contribution is 2.31. The van der Waals surface area contributed by atoms with Crippen LogP contribution < -0.4 is 10.6 Å². The summed E-state index contributed by atoms with van der Waals surface area (Å²) in [4.78, 5) is 18.5. The number of hydrogen-bond acceptors (Lipinski definition) is 7. The Morgan fingerprint density at radius 3 is 2.59 bits per heavy atom. The van der Waals surface area contributed by atoms with Crippen LogP contribution in [0.1, 0.15) is 50.8 Å². The van der Waals surface area contributed by atoms with E-state index in [1.165, 1.54) is 25.0 Å². The van der Waals surface area contributed by atoms with Gasteiger partial charge in [-0.1, -0.05) is 31.0 Å². The first-order chi connectivity index (χ1) is 20.0. The van der Waals surface area contributed by atoms with Gasteiger partial charge in [0.15, 0.2) is 5.82 Å². The van der Waals surface area contributed by atoms with Crippen LogP contribution in [0.2, 0.25) is 0 Å². The maximum absolute atomic E-state index is 4.76. The fourth-order valence-electron chi connectivity index (χ4n) is 5.41. The van der Waals surface area contributed by atoms with Crippen LogP contribution in [0.15, 0.2) is 102 Å². The highest BCUT2D eigenvalue weighted by Gasteiger charge is 2.29. The third-order valence-electron chi connectivity index (χ3n) is 7.78. The molecule has 1 unspecified atom stereocenters. The minimum atomic E-state index is 0.583. The number of aliphatic imine (C=N–C) groups is 1. The van der Waals surface area contributed by atoms with Crippen molar-refractivity contribution in [1.82, 2.24) is 25.1 Å². The van der Waals surface area contributed by atoms with Crippen LogP contribution in [0.25, 0.3) is 6.08 Å². The molecule has 0 spiro atoms. The van der Waals surface area contributed by atoms with Crippen LogP contribution in [-0.4, -0.2) is 58.7 Å². The molecular formula is C34H43N7. The quantitative estimate of drug-likeness (QED) is 0.257. The van der Waals surface area contributed by atoms with Gasteiger partial charge in [0, 0.05) is 37.1 Å². The molecule has 1 atom stereocenters. The largest absolute Gasteiger partial charge is 0.368 e. The van der Waals surface area contributed by atoms with Crippen molar-refractivity contribution >= 4 is 17.6 Å². The molecule has 214 valence electrons. The van der Waals surface area contributed by atoms with E-state index < -0.39 is 0 Å². The van der Waals surface area contributed by atoms with Crippen molar-refractivity contribution in [2.75, 3.05) is 38.5 Å². The number of nitrogens with zero attached hydrogens (tertiary/aromatic N) is 5. The molecule has 2 N–H and O–H groups in total. The van der Waals surface area contributed by atoms with Crippen molar-refractivity contribution in [2.45, 2.75) is 39.5 Å². The summed E-state index contributed by atoms with van der Waals surface area (Å²) in [7, 11) is 2.21. The van der Waals surface area contributed by atoms with Crippen LogP contribution >= 0.6 is 0 Å². The van der Waals surface area contributed by atoms with E-state index in [0.717, 1.165) is 49.6 Å². The van der Waals surface area contributed by atoms with Gasteiger partial charge in [0.25, 0.3) is 0 Å². The lowest BCUT2D eigenvalue weighted by Gasteiger charge is -2.33. The van der Waals surface area contributed by atoms with Crippen molar-refractivity contribution < 1.29 is 0 Å². The number of anilines is 1. The molecular weight excluding hydrogens is 506 g/mol. The maximum Gasteiger partial charge on any atom is 0.154 e. The van der Waals surface area contributed by atoms with E-state index in [-0.39, 0.29) is 0 Å². The second-order valence-corrected chi connectivity index (χ2v) is 10.7. The number of aromatic nitrogens is 2. The summed E-state index contributed by atoms with van der Waals surface area (Å²) in [5.41, 5.74) is 10.4. The Hall–Kier alpha value is -4.15. The molecule has 2 saturated heterocycles. The van der Waals surface area contributed by atoms with Crippen molar-refractivity contribution in [3.05, 3.63) is 108 Å². The molecule has 4 heterocycles. The van der Waals surface area contributed by atoms with Crippen LogP contribution in [0, 0.1) is 11.8 Å².